The first-order valence-corrected chi connectivity index (χ1v) is 10.1. The van der Waals surface area contributed by atoms with Gasteiger partial charge in [-0.05, 0) is 38.1 Å². The lowest BCUT2D eigenvalue weighted by Gasteiger charge is -2.15. The van der Waals surface area contributed by atoms with Gasteiger partial charge < -0.3 is 5.32 Å². The van der Waals surface area contributed by atoms with Crippen LogP contribution in [0.25, 0.3) is 16.5 Å². The molecule has 0 aliphatic rings. The van der Waals surface area contributed by atoms with Gasteiger partial charge in [-0.15, -0.1) is 0 Å². The van der Waals surface area contributed by atoms with Crippen LogP contribution in [0.1, 0.15) is 29.8 Å². The van der Waals surface area contributed by atoms with Crippen LogP contribution in [-0.4, -0.2) is 25.5 Å². The lowest BCUT2D eigenvalue weighted by molar-refractivity contribution is -0.137. The quantitative estimate of drug-likeness (QED) is 0.497. The number of rotatable bonds is 5. The molecule has 4 aromatic rings. The Morgan fingerprint density at radius 2 is 1.85 bits per heavy atom. The summed E-state index contributed by atoms with van der Waals surface area (Å²) in [7, 11) is 0. The molecule has 1 amide bonds. The highest BCUT2D eigenvalue weighted by molar-refractivity contribution is 5.81. The minimum atomic E-state index is -4.46. The Kier molecular flexibility index (Phi) is 5.75. The predicted molar refractivity (Wildman–Crippen MR) is 116 cm³/mol. The molecule has 2 heterocycles. The zero-order valence-electron chi connectivity index (χ0n) is 17.8. The van der Waals surface area contributed by atoms with Crippen molar-refractivity contribution in [2.24, 2.45) is 0 Å². The average Bonchev–Trinajstić information content (AvgIpc) is 3.17. The van der Waals surface area contributed by atoms with Crippen molar-refractivity contribution in [2.45, 2.75) is 32.6 Å². The summed E-state index contributed by atoms with van der Waals surface area (Å²) in [5, 5.41) is 12.2. The number of hydrogen-bond donors (Lipinski definition) is 1. The minimum absolute atomic E-state index is 0.263. The molecule has 10 heteroatoms. The van der Waals surface area contributed by atoms with Crippen molar-refractivity contribution in [3.05, 3.63) is 88.1 Å². The summed E-state index contributed by atoms with van der Waals surface area (Å²) in [6.07, 6.45) is -1.44. The topological polar surface area (TPSA) is 81.8 Å². The van der Waals surface area contributed by atoms with Crippen LogP contribution in [0.3, 0.4) is 0 Å². The number of nitrogens with one attached hydrogen (secondary N) is 1. The zero-order valence-corrected chi connectivity index (χ0v) is 17.8. The van der Waals surface area contributed by atoms with Gasteiger partial charge in [-0.25, -0.2) is 9.36 Å². The summed E-state index contributed by atoms with van der Waals surface area (Å²) in [6, 6.07) is 11.3. The number of carbonyl (C=O) groups excluding carboxylic acids is 1. The number of nitrogens with zero attached hydrogens (tertiary/aromatic N) is 4. The van der Waals surface area contributed by atoms with Gasteiger partial charge in [-0.2, -0.15) is 23.4 Å². The third-order valence-corrected chi connectivity index (χ3v) is 5.37. The predicted octanol–water partition coefficient (Wildman–Crippen LogP) is 3.79. The number of benzene rings is 2. The Labute approximate surface area is 186 Å². The largest absolute Gasteiger partial charge is 0.416 e. The van der Waals surface area contributed by atoms with E-state index in [-0.39, 0.29) is 17.8 Å². The lowest BCUT2D eigenvalue weighted by Crippen LogP contribution is -2.35. The van der Waals surface area contributed by atoms with Gasteiger partial charge in [0, 0.05) is 16.6 Å². The second kappa shape index (κ2) is 8.53. The van der Waals surface area contributed by atoms with Crippen LogP contribution in [-0.2, 0) is 17.5 Å². The smallest absolute Gasteiger partial charge is 0.348 e. The summed E-state index contributed by atoms with van der Waals surface area (Å²) >= 11 is 0. The molecule has 0 bridgehead atoms. The third-order valence-electron chi connectivity index (χ3n) is 5.37. The molecule has 2 aromatic heterocycles. The summed E-state index contributed by atoms with van der Waals surface area (Å²) in [6.45, 7) is 3.17. The number of alkyl halides is 3. The van der Waals surface area contributed by atoms with Crippen molar-refractivity contribution >= 4 is 16.7 Å². The Hall–Kier alpha value is -3.95. The van der Waals surface area contributed by atoms with Crippen LogP contribution >= 0.6 is 0 Å². The van der Waals surface area contributed by atoms with Crippen molar-refractivity contribution in [3.8, 4) is 5.69 Å². The summed E-state index contributed by atoms with van der Waals surface area (Å²) in [5.41, 5.74) is 0.345. The molecule has 0 radical (unpaired) electrons. The molecule has 7 nitrogen and oxygen atoms in total. The number of carbonyl (C=O) groups is 1. The third kappa shape index (κ3) is 4.50. The Morgan fingerprint density at radius 1 is 1.09 bits per heavy atom. The van der Waals surface area contributed by atoms with Crippen molar-refractivity contribution in [1.29, 1.82) is 0 Å². The number of fused-ring (bicyclic) bond motifs is 1. The Bertz CT molecular complexity index is 1390. The first-order chi connectivity index (χ1) is 15.6. The number of hydrogen-bond acceptors (Lipinski definition) is 4. The normalized spacial score (nSPS) is 12.6. The lowest BCUT2D eigenvalue weighted by atomic mass is 10.1. The van der Waals surface area contributed by atoms with Gasteiger partial charge in [0.1, 0.15) is 6.54 Å². The number of halogens is 3. The van der Waals surface area contributed by atoms with E-state index in [1.807, 2.05) is 0 Å². The van der Waals surface area contributed by atoms with Crippen molar-refractivity contribution < 1.29 is 18.0 Å². The van der Waals surface area contributed by atoms with Gasteiger partial charge in [0.05, 0.1) is 35.1 Å². The second-order valence-corrected chi connectivity index (χ2v) is 7.63. The molecule has 170 valence electrons. The number of amides is 1. The van der Waals surface area contributed by atoms with Crippen LogP contribution in [0.5, 0.6) is 0 Å². The molecule has 1 unspecified atom stereocenters. The monoisotopic (exact) mass is 455 g/mol. The molecule has 0 spiro atoms. The van der Waals surface area contributed by atoms with Crippen LogP contribution in [0.4, 0.5) is 13.2 Å². The van der Waals surface area contributed by atoms with E-state index in [9.17, 15) is 22.8 Å². The Morgan fingerprint density at radius 3 is 2.61 bits per heavy atom. The standard InChI is InChI=1S/C23H20F3N5O2/c1-14(29-21(32)13-30-22(33)19-9-4-3-6-16(19)11-27-30)20-12-28-31(15(20)2)18-8-5-7-17(10-18)23(24,25)26/h3-12,14H,13H2,1-2H3,(H,29,32). The van der Waals surface area contributed by atoms with Crippen LogP contribution in [0, 0.1) is 6.92 Å². The molecule has 1 atom stereocenters. The molecule has 0 saturated heterocycles. The van der Waals surface area contributed by atoms with Gasteiger partial charge in [-0.3, -0.25) is 9.59 Å². The first kappa shape index (κ1) is 22.3. The SMILES string of the molecule is Cc1c(C(C)NC(=O)Cn2ncc3ccccc3c2=O)cnn1-c1cccc(C(F)(F)F)c1. The fraction of sp³-hybridized carbons (Fsp3) is 0.217. The highest BCUT2D eigenvalue weighted by Gasteiger charge is 2.30. The summed E-state index contributed by atoms with van der Waals surface area (Å²) in [5.74, 6) is -0.432. The summed E-state index contributed by atoms with van der Waals surface area (Å²) in [4.78, 5) is 25.1. The molecule has 0 saturated carbocycles. The first-order valence-electron chi connectivity index (χ1n) is 10.1. The molecular weight excluding hydrogens is 435 g/mol. The van der Waals surface area contributed by atoms with Crippen molar-refractivity contribution in [1.82, 2.24) is 24.9 Å². The molecule has 0 aliphatic heterocycles. The van der Waals surface area contributed by atoms with E-state index in [2.05, 4.69) is 15.5 Å². The van der Waals surface area contributed by atoms with E-state index in [1.165, 1.54) is 29.2 Å². The molecular formula is C23H20F3N5O2. The van der Waals surface area contributed by atoms with Gasteiger partial charge in [-0.1, -0.05) is 24.3 Å². The van der Waals surface area contributed by atoms with E-state index >= 15 is 0 Å². The van der Waals surface area contributed by atoms with E-state index in [0.717, 1.165) is 16.8 Å². The van der Waals surface area contributed by atoms with Crippen LogP contribution in [0.15, 0.2) is 65.7 Å². The van der Waals surface area contributed by atoms with Gasteiger partial charge in [0.15, 0.2) is 0 Å². The number of aromatic nitrogens is 4. The molecule has 2 aromatic carbocycles. The van der Waals surface area contributed by atoms with Gasteiger partial charge >= 0.3 is 6.18 Å². The van der Waals surface area contributed by atoms with E-state index in [4.69, 9.17) is 0 Å². The summed E-state index contributed by atoms with van der Waals surface area (Å²) < 4.78 is 41.6. The fourth-order valence-electron chi connectivity index (χ4n) is 3.66. The highest BCUT2D eigenvalue weighted by atomic mass is 19.4. The van der Waals surface area contributed by atoms with E-state index in [1.54, 1.807) is 38.1 Å². The van der Waals surface area contributed by atoms with E-state index < -0.39 is 23.7 Å². The van der Waals surface area contributed by atoms with Gasteiger partial charge in [0.2, 0.25) is 5.91 Å². The maximum absolute atomic E-state index is 13.0. The van der Waals surface area contributed by atoms with Crippen LogP contribution < -0.4 is 10.9 Å². The maximum Gasteiger partial charge on any atom is 0.416 e. The minimum Gasteiger partial charge on any atom is -0.348 e. The van der Waals surface area contributed by atoms with E-state index in [0.29, 0.717) is 22.0 Å². The molecule has 0 aliphatic carbocycles. The van der Waals surface area contributed by atoms with Crippen molar-refractivity contribution in [2.75, 3.05) is 0 Å². The fourth-order valence-corrected chi connectivity index (χ4v) is 3.66. The molecule has 1 N–H and O–H groups in total. The molecule has 0 fully saturated rings. The van der Waals surface area contributed by atoms with Crippen LogP contribution in [0.2, 0.25) is 0 Å². The second-order valence-electron chi connectivity index (χ2n) is 7.63. The molecule has 33 heavy (non-hydrogen) atoms. The van der Waals surface area contributed by atoms with Gasteiger partial charge in [0.25, 0.3) is 5.56 Å². The average molecular weight is 455 g/mol. The highest BCUT2D eigenvalue weighted by Crippen LogP contribution is 2.31. The maximum atomic E-state index is 13.0. The van der Waals surface area contributed by atoms with Crippen molar-refractivity contribution in [3.63, 3.8) is 0 Å². The zero-order chi connectivity index (χ0) is 23.8. The molecule has 4 rings (SSSR count). The Balaban J connectivity index is 1.51.